The Kier molecular flexibility index (Phi) is 2.51. The molecule has 2 nitrogen and oxygen atoms in total. The zero-order valence-electron chi connectivity index (χ0n) is 8.13. The van der Waals surface area contributed by atoms with Crippen molar-refractivity contribution in [2.24, 2.45) is 5.92 Å². The molecule has 1 atom stereocenters. The quantitative estimate of drug-likeness (QED) is 0.481. The highest BCUT2D eigenvalue weighted by Crippen LogP contribution is 2.34. The van der Waals surface area contributed by atoms with Crippen LogP contribution in [0.1, 0.15) is 20.8 Å². The molecule has 0 saturated carbocycles. The highest BCUT2D eigenvalue weighted by atomic mass is 28.3. The van der Waals surface area contributed by atoms with Crippen LogP contribution in [-0.4, -0.2) is 25.5 Å². The molecule has 1 saturated heterocycles. The van der Waals surface area contributed by atoms with E-state index in [-0.39, 0.29) is 5.54 Å². The standard InChI is InChI=1S/C9H17NOSi/c1-5-6-10-9(3,4)8(2)7-12(10)11/h5,8H,1,6-7H2,2-4H3. The van der Waals surface area contributed by atoms with E-state index in [0.29, 0.717) is 5.92 Å². The van der Waals surface area contributed by atoms with Gasteiger partial charge in [0, 0.05) is 18.1 Å². The van der Waals surface area contributed by atoms with E-state index in [1.165, 1.54) is 0 Å². The van der Waals surface area contributed by atoms with Gasteiger partial charge in [-0.2, -0.15) is 0 Å². The van der Waals surface area contributed by atoms with E-state index >= 15 is 0 Å². The molecule has 0 spiro atoms. The lowest BCUT2D eigenvalue weighted by Gasteiger charge is -2.34. The van der Waals surface area contributed by atoms with Crippen molar-refractivity contribution >= 4 is 8.84 Å². The van der Waals surface area contributed by atoms with Gasteiger partial charge in [0.15, 0.2) is 0 Å². The minimum absolute atomic E-state index is 0.0875. The Morgan fingerprint density at radius 1 is 1.75 bits per heavy atom. The first-order valence-electron chi connectivity index (χ1n) is 4.41. The van der Waals surface area contributed by atoms with Crippen molar-refractivity contribution in [3.05, 3.63) is 12.7 Å². The van der Waals surface area contributed by atoms with E-state index in [2.05, 4.69) is 31.9 Å². The molecule has 68 valence electrons. The SMILES string of the molecule is C=CCN1[Si](=O)CC(C)C1(C)C. The molecule has 1 unspecified atom stereocenters. The number of rotatable bonds is 2. The first-order valence-corrected chi connectivity index (χ1v) is 5.97. The molecule has 0 aromatic rings. The van der Waals surface area contributed by atoms with Crippen LogP contribution in [0.4, 0.5) is 0 Å². The van der Waals surface area contributed by atoms with Crippen molar-refractivity contribution in [1.29, 1.82) is 0 Å². The summed E-state index contributed by atoms with van der Waals surface area (Å²) in [6.45, 7) is 10.9. The van der Waals surface area contributed by atoms with Crippen molar-refractivity contribution in [3.8, 4) is 0 Å². The summed E-state index contributed by atoms with van der Waals surface area (Å²) in [6, 6.07) is 0.867. The number of hydrogen-bond donors (Lipinski definition) is 0. The molecule has 0 radical (unpaired) electrons. The summed E-state index contributed by atoms with van der Waals surface area (Å²) >= 11 is 0. The number of nitrogens with zero attached hydrogens (tertiary/aromatic N) is 1. The van der Waals surface area contributed by atoms with Gasteiger partial charge < -0.3 is 9.03 Å². The molecule has 1 heterocycles. The van der Waals surface area contributed by atoms with Crippen LogP contribution in [0.3, 0.4) is 0 Å². The summed E-state index contributed by atoms with van der Waals surface area (Å²) in [5, 5.41) is 0. The fourth-order valence-corrected chi connectivity index (χ4v) is 4.12. The molecule has 0 bridgehead atoms. The van der Waals surface area contributed by atoms with E-state index < -0.39 is 8.84 Å². The Labute approximate surface area is 76.0 Å². The minimum Gasteiger partial charge on any atom is -0.369 e. The summed E-state index contributed by atoms with van der Waals surface area (Å²) < 4.78 is 13.7. The van der Waals surface area contributed by atoms with Gasteiger partial charge in [-0.1, -0.05) is 13.0 Å². The molecule has 1 rings (SSSR count). The van der Waals surface area contributed by atoms with Gasteiger partial charge in [-0.15, -0.1) is 6.58 Å². The van der Waals surface area contributed by atoms with E-state index in [9.17, 15) is 4.46 Å². The van der Waals surface area contributed by atoms with E-state index in [4.69, 9.17) is 0 Å². The Morgan fingerprint density at radius 3 is 2.67 bits per heavy atom. The maximum atomic E-state index is 11.7. The second-order valence-electron chi connectivity index (χ2n) is 4.05. The van der Waals surface area contributed by atoms with Crippen LogP contribution in [0.2, 0.25) is 6.04 Å². The predicted molar refractivity (Wildman–Crippen MR) is 51.4 cm³/mol. The Morgan fingerprint density at radius 2 is 2.33 bits per heavy atom. The third kappa shape index (κ3) is 1.38. The van der Waals surface area contributed by atoms with E-state index in [1.54, 1.807) is 0 Å². The lowest BCUT2D eigenvalue weighted by Crippen LogP contribution is -2.44. The van der Waals surface area contributed by atoms with Crippen LogP contribution in [0.25, 0.3) is 0 Å². The van der Waals surface area contributed by atoms with Gasteiger partial charge in [0.1, 0.15) is 0 Å². The highest BCUT2D eigenvalue weighted by molar-refractivity contribution is 6.41. The van der Waals surface area contributed by atoms with E-state index in [0.717, 1.165) is 12.6 Å². The topological polar surface area (TPSA) is 20.3 Å². The largest absolute Gasteiger partial charge is 0.395 e. The fraction of sp³-hybridized carbons (Fsp3) is 0.778. The van der Waals surface area contributed by atoms with Gasteiger partial charge in [-0.05, 0) is 19.8 Å². The van der Waals surface area contributed by atoms with Crippen LogP contribution >= 0.6 is 0 Å². The molecule has 1 aliphatic rings. The smallest absolute Gasteiger partial charge is 0.369 e. The Hall–Kier alpha value is -0.443. The molecule has 0 amide bonds. The third-order valence-electron chi connectivity index (χ3n) is 3.00. The second kappa shape index (κ2) is 3.13. The number of hydrogen-bond acceptors (Lipinski definition) is 1. The van der Waals surface area contributed by atoms with Gasteiger partial charge in [0.05, 0.1) is 0 Å². The lowest BCUT2D eigenvalue weighted by atomic mass is 9.91. The van der Waals surface area contributed by atoms with Crippen LogP contribution in [0.5, 0.6) is 0 Å². The molecule has 0 N–H and O–H groups in total. The maximum Gasteiger partial charge on any atom is 0.395 e. The zero-order chi connectivity index (χ0) is 9.35. The molecule has 1 fully saturated rings. The Balaban J connectivity index is 2.83. The van der Waals surface area contributed by atoms with Crippen molar-refractivity contribution in [2.45, 2.75) is 32.4 Å². The van der Waals surface area contributed by atoms with Gasteiger partial charge in [0.25, 0.3) is 0 Å². The summed E-state index contributed by atoms with van der Waals surface area (Å²) in [4.78, 5) is 0. The minimum atomic E-state index is -1.50. The zero-order valence-corrected chi connectivity index (χ0v) is 9.13. The molecular formula is C9H17NOSi. The molecule has 12 heavy (non-hydrogen) atoms. The average molecular weight is 183 g/mol. The van der Waals surface area contributed by atoms with Crippen molar-refractivity contribution in [1.82, 2.24) is 4.57 Å². The lowest BCUT2D eigenvalue weighted by molar-refractivity contribution is 0.205. The normalized spacial score (nSPS) is 27.8. The van der Waals surface area contributed by atoms with Crippen molar-refractivity contribution in [2.75, 3.05) is 6.54 Å². The third-order valence-corrected chi connectivity index (χ3v) is 5.32. The monoisotopic (exact) mass is 183 g/mol. The van der Waals surface area contributed by atoms with Crippen molar-refractivity contribution < 1.29 is 4.46 Å². The molecule has 0 aromatic heterocycles. The summed E-state index contributed by atoms with van der Waals surface area (Å²) in [5.74, 6) is 0.531. The maximum absolute atomic E-state index is 11.7. The first-order chi connectivity index (χ1) is 5.50. The van der Waals surface area contributed by atoms with Crippen LogP contribution < -0.4 is 0 Å². The fourth-order valence-electron chi connectivity index (χ4n) is 1.68. The van der Waals surface area contributed by atoms with Gasteiger partial charge in [0.2, 0.25) is 0 Å². The summed E-state index contributed by atoms with van der Waals surface area (Å²) in [6.07, 6.45) is 1.84. The second-order valence-corrected chi connectivity index (χ2v) is 5.79. The van der Waals surface area contributed by atoms with Crippen molar-refractivity contribution in [3.63, 3.8) is 0 Å². The van der Waals surface area contributed by atoms with Gasteiger partial charge >= 0.3 is 8.84 Å². The van der Waals surface area contributed by atoms with Crippen LogP contribution in [0.15, 0.2) is 12.7 Å². The molecule has 3 heteroatoms. The summed E-state index contributed by atoms with van der Waals surface area (Å²) in [7, 11) is -1.50. The average Bonchev–Trinajstić information content (AvgIpc) is 2.14. The molecule has 1 aliphatic heterocycles. The van der Waals surface area contributed by atoms with Crippen LogP contribution in [0, 0.1) is 5.92 Å². The highest BCUT2D eigenvalue weighted by Gasteiger charge is 2.43. The predicted octanol–water partition coefficient (Wildman–Crippen LogP) is 1.82. The van der Waals surface area contributed by atoms with Gasteiger partial charge in [-0.3, -0.25) is 0 Å². The molecular weight excluding hydrogens is 166 g/mol. The molecule has 0 aliphatic carbocycles. The van der Waals surface area contributed by atoms with Gasteiger partial charge in [-0.25, -0.2) is 0 Å². The van der Waals surface area contributed by atoms with Crippen LogP contribution in [-0.2, 0) is 4.46 Å². The molecule has 0 aromatic carbocycles. The first kappa shape index (κ1) is 9.64. The van der Waals surface area contributed by atoms with E-state index in [1.807, 2.05) is 6.08 Å². The summed E-state index contributed by atoms with van der Waals surface area (Å²) in [5.41, 5.74) is 0.0875. The Bertz CT molecular complexity index is 213.